The minimum atomic E-state index is 0.290. The van der Waals surface area contributed by atoms with E-state index >= 15 is 0 Å². The van der Waals surface area contributed by atoms with Crippen LogP contribution in [0.2, 0.25) is 0 Å². The molecule has 2 N–H and O–H groups in total. The summed E-state index contributed by atoms with van der Waals surface area (Å²) in [5.41, 5.74) is 0. The van der Waals surface area contributed by atoms with Gasteiger partial charge in [0.15, 0.2) is 0 Å². The van der Waals surface area contributed by atoms with Crippen LogP contribution < -0.4 is 10.6 Å². The molecule has 1 amide bonds. The molecule has 0 radical (unpaired) electrons. The van der Waals surface area contributed by atoms with Crippen molar-refractivity contribution in [1.29, 1.82) is 0 Å². The molecule has 3 heteroatoms. The Hall–Kier alpha value is -0.570. The summed E-state index contributed by atoms with van der Waals surface area (Å²) < 4.78 is 0. The number of hydrogen-bond acceptors (Lipinski definition) is 2. The number of rotatable bonds is 5. The summed E-state index contributed by atoms with van der Waals surface area (Å²) in [6, 6.07) is 1.05. The van der Waals surface area contributed by atoms with Gasteiger partial charge in [-0.15, -0.1) is 0 Å². The highest BCUT2D eigenvalue weighted by Gasteiger charge is 2.42. The predicted molar refractivity (Wildman–Crippen MR) is 111 cm³/mol. The Labute approximate surface area is 166 Å². The van der Waals surface area contributed by atoms with Gasteiger partial charge in [0.1, 0.15) is 0 Å². The standard InChI is InChI=1S/C24H42N2O/c1-16-12-17(2)26-21(13-16)15-25-24(27)20-11-10-19(14-20)23-9-5-8-22(23)18-6-3-4-7-18/h16-23,26H,3-15H2,1-2H3,(H,25,27). The van der Waals surface area contributed by atoms with E-state index < -0.39 is 0 Å². The van der Waals surface area contributed by atoms with Crippen LogP contribution in [0.15, 0.2) is 0 Å². The molecule has 154 valence electrons. The molecule has 1 aliphatic heterocycles. The van der Waals surface area contributed by atoms with Crippen molar-refractivity contribution in [2.75, 3.05) is 6.54 Å². The fraction of sp³-hybridized carbons (Fsp3) is 0.958. The van der Waals surface area contributed by atoms with Crippen LogP contribution in [0.4, 0.5) is 0 Å². The van der Waals surface area contributed by atoms with E-state index in [0.29, 0.717) is 23.9 Å². The van der Waals surface area contributed by atoms with Gasteiger partial charge in [0.2, 0.25) is 5.91 Å². The summed E-state index contributed by atoms with van der Waals surface area (Å²) in [6.45, 7) is 5.44. The lowest BCUT2D eigenvalue weighted by atomic mass is 9.75. The second-order valence-corrected chi connectivity index (χ2v) is 10.7. The molecule has 0 aromatic rings. The Morgan fingerprint density at radius 3 is 2.33 bits per heavy atom. The molecule has 0 bridgehead atoms. The van der Waals surface area contributed by atoms with E-state index in [1.165, 1.54) is 70.6 Å². The number of amides is 1. The first-order chi connectivity index (χ1) is 13.1. The molecular weight excluding hydrogens is 332 g/mol. The van der Waals surface area contributed by atoms with Gasteiger partial charge >= 0.3 is 0 Å². The lowest BCUT2D eigenvalue weighted by Gasteiger charge is -2.33. The molecule has 0 aromatic heterocycles. The lowest BCUT2D eigenvalue weighted by Crippen LogP contribution is -2.49. The van der Waals surface area contributed by atoms with Crippen molar-refractivity contribution in [3.8, 4) is 0 Å². The fourth-order valence-corrected chi connectivity index (χ4v) is 7.45. The predicted octanol–water partition coefficient (Wildman–Crippen LogP) is 4.90. The Kier molecular flexibility index (Phi) is 6.46. The van der Waals surface area contributed by atoms with E-state index in [1.807, 2.05) is 0 Å². The fourth-order valence-electron chi connectivity index (χ4n) is 7.45. The van der Waals surface area contributed by atoms with Gasteiger partial charge in [0.05, 0.1) is 0 Å². The molecule has 4 rings (SSSR count). The summed E-state index contributed by atoms with van der Waals surface area (Å²) in [6.07, 6.45) is 16.4. The van der Waals surface area contributed by atoms with Crippen molar-refractivity contribution >= 4 is 5.91 Å². The van der Waals surface area contributed by atoms with Crippen molar-refractivity contribution in [2.45, 2.75) is 103 Å². The first-order valence-corrected chi connectivity index (χ1v) is 12.1. The summed E-state index contributed by atoms with van der Waals surface area (Å²) in [7, 11) is 0. The third-order valence-corrected chi connectivity index (χ3v) is 8.57. The number of carbonyl (C=O) groups is 1. The van der Waals surface area contributed by atoms with E-state index in [-0.39, 0.29) is 0 Å². The average Bonchev–Trinajstić information content (AvgIpc) is 3.38. The first kappa shape index (κ1) is 19.7. The molecule has 0 spiro atoms. The summed E-state index contributed by atoms with van der Waals surface area (Å²) in [4.78, 5) is 12.8. The van der Waals surface area contributed by atoms with E-state index in [2.05, 4.69) is 24.5 Å². The highest BCUT2D eigenvalue weighted by Crippen LogP contribution is 2.51. The Morgan fingerprint density at radius 1 is 0.852 bits per heavy atom. The maximum absolute atomic E-state index is 12.8. The first-order valence-electron chi connectivity index (χ1n) is 12.1. The maximum Gasteiger partial charge on any atom is 0.223 e. The average molecular weight is 375 g/mol. The molecule has 1 heterocycles. The monoisotopic (exact) mass is 374 g/mol. The van der Waals surface area contributed by atoms with Crippen LogP contribution in [0.25, 0.3) is 0 Å². The molecule has 27 heavy (non-hydrogen) atoms. The van der Waals surface area contributed by atoms with Crippen molar-refractivity contribution in [3.05, 3.63) is 0 Å². The minimum absolute atomic E-state index is 0.290. The van der Waals surface area contributed by atoms with Crippen LogP contribution in [-0.2, 0) is 4.79 Å². The van der Waals surface area contributed by atoms with Crippen molar-refractivity contribution in [3.63, 3.8) is 0 Å². The Balaban J connectivity index is 1.24. The van der Waals surface area contributed by atoms with Gasteiger partial charge in [-0.2, -0.15) is 0 Å². The minimum Gasteiger partial charge on any atom is -0.354 e. The number of carbonyl (C=O) groups excluding carboxylic acids is 1. The van der Waals surface area contributed by atoms with Gasteiger partial charge in [-0.25, -0.2) is 0 Å². The molecule has 7 atom stereocenters. The zero-order valence-corrected chi connectivity index (χ0v) is 17.7. The van der Waals surface area contributed by atoms with Crippen LogP contribution in [-0.4, -0.2) is 24.5 Å². The van der Waals surface area contributed by atoms with Gasteiger partial charge in [-0.1, -0.05) is 39.0 Å². The molecule has 3 aliphatic carbocycles. The summed E-state index contributed by atoms with van der Waals surface area (Å²) in [5.74, 6) is 5.20. The molecule has 4 fully saturated rings. The van der Waals surface area contributed by atoms with Crippen molar-refractivity contribution < 1.29 is 4.79 Å². The van der Waals surface area contributed by atoms with Gasteiger partial charge in [-0.05, 0) is 81.5 Å². The van der Waals surface area contributed by atoms with Gasteiger partial charge < -0.3 is 10.6 Å². The van der Waals surface area contributed by atoms with Crippen LogP contribution in [0.3, 0.4) is 0 Å². The maximum atomic E-state index is 12.8. The highest BCUT2D eigenvalue weighted by atomic mass is 16.1. The van der Waals surface area contributed by atoms with Crippen LogP contribution in [0, 0.1) is 35.5 Å². The third-order valence-electron chi connectivity index (χ3n) is 8.57. The summed E-state index contributed by atoms with van der Waals surface area (Å²) >= 11 is 0. The van der Waals surface area contributed by atoms with E-state index in [9.17, 15) is 4.79 Å². The smallest absolute Gasteiger partial charge is 0.223 e. The molecule has 3 saturated carbocycles. The van der Waals surface area contributed by atoms with E-state index in [4.69, 9.17) is 0 Å². The molecule has 0 aromatic carbocycles. The normalized spacial score (nSPS) is 43.3. The van der Waals surface area contributed by atoms with Crippen LogP contribution in [0.1, 0.15) is 90.9 Å². The summed E-state index contributed by atoms with van der Waals surface area (Å²) in [5, 5.41) is 6.98. The molecular formula is C24H42N2O. The Morgan fingerprint density at radius 2 is 1.59 bits per heavy atom. The van der Waals surface area contributed by atoms with E-state index in [1.54, 1.807) is 0 Å². The second kappa shape index (κ2) is 8.84. The lowest BCUT2D eigenvalue weighted by molar-refractivity contribution is -0.125. The number of hydrogen-bond donors (Lipinski definition) is 2. The van der Waals surface area contributed by atoms with Gasteiger partial charge in [-0.3, -0.25) is 4.79 Å². The van der Waals surface area contributed by atoms with Crippen molar-refractivity contribution in [1.82, 2.24) is 10.6 Å². The molecule has 7 unspecified atom stereocenters. The number of piperidine rings is 1. The number of nitrogens with one attached hydrogen (secondary N) is 2. The zero-order chi connectivity index (χ0) is 18.8. The van der Waals surface area contributed by atoms with Crippen LogP contribution in [0.5, 0.6) is 0 Å². The topological polar surface area (TPSA) is 41.1 Å². The van der Waals surface area contributed by atoms with E-state index in [0.717, 1.165) is 42.6 Å². The zero-order valence-electron chi connectivity index (χ0n) is 17.7. The highest BCUT2D eigenvalue weighted by molar-refractivity contribution is 5.78. The van der Waals surface area contributed by atoms with Gasteiger partial charge in [0.25, 0.3) is 0 Å². The molecule has 4 aliphatic rings. The largest absolute Gasteiger partial charge is 0.354 e. The van der Waals surface area contributed by atoms with Gasteiger partial charge in [0, 0.05) is 24.5 Å². The SMILES string of the molecule is CC1CC(C)NC(CNC(=O)C2CCC(C3CCCC3C3CCCC3)C2)C1. The third kappa shape index (κ3) is 4.71. The van der Waals surface area contributed by atoms with Crippen LogP contribution >= 0.6 is 0 Å². The quantitative estimate of drug-likeness (QED) is 0.718. The van der Waals surface area contributed by atoms with Crippen molar-refractivity contribution in [2.24, 2.45) is 35.5 Å². The second-order valence-electron chi connectivity index (χ2n) is 10.7. The molecule has 1 saturated heterocycles. The Bertz CT molecular complexity index is 491. The molecule has 3 nitrogen and oxygen atoms in total.